The van der Waals surface area contributed by atoms with Crippen molar-refractivity contribution in [1.82, 2.24) is 4.90 Å². The summed E-state index contributed by atoms with van der Waals surface area (Å²) in [6.07, 6.45) is 0.744. The summed E-state index contributed by atoms with van der Waals surface area (Å²) in [6, 6.07) is 1.47. The van der Waals surface area contributed by atoms with Crippen LogP contribution in [-0.4, -0.2) is 28.9 Å². The molecular weight excluding hydrogens is 246 g/mol. The summed E-state index contributed by atoms with van der Waals surface area (Å²) in [5, 5.41) is 8.95. The fraction of sp³-hybridized carbons (Fsp3) is 0.571. The minimum Gasteiger partial charge on any atom is -0.478 e. The zero-order chi connectivity index (χ0) is 14.8. The summed E-state index contributed by atoms with van der Waals surface area (Å²) >= 11 is 0. The lowest BCUT2D eigenvalue weighted by atomic mass is 9.88. The number of hydrogen-bond donors (Lipinski definition) is 1. The van der Waals surface area contributed by atoms with E-state index < -0.39 is 11.4 Å². The Morgan fingerprint density at radius 1 is 1.42 bits per heavy atom. The summed E-state index contributed by atoms with van der Waals surface area (Å²) in [7, 11) is 1.69. The molecule has 0 fully saturated rings. The Balaban J connectivity index is 2.83. The first-order valence-corrected chi connectivity index (χ1v) is 6.27. The number of carbonyl (C=O) groups is 2. The molecule has 1 heterocycles. The van der Waals surface area contributed by atoms with Crippen LogP contribution < -0.4 is 0 Å². The quantitative estimate of drug-likeness (QED) is 0.890. The number of aromatic carboxylic acids is 1. The Labute approximate surface area is 113 Å². The molecule has 5 nitrogen and oxygen atoms in total. The van der Waals surface area contributed by atoms with Crippen LogP contribution in [0, 0.1) is 12.3 Å². The van der Waals surface area contributed by atoms with Gasteiger partial charge in [0.05, 0.1) is 6.54 Å². The number of nitrogens with zero attached hydrogens (tertiary/aromatic N) is 1. The standard InChI is InChI=1S/C14H21NO4/c1-6-14(3,4)13(18)15(5)8-10-7-11(12(16)17)9(2)19-10/h7H,6,8H2,1-5H3,(H,16,17). The number of furan rings is 1. The van der Waals surface area contributed by atoms with Crippen LogP contribution in [0.2, 0.25) is 0 Å². The number of amides is 1. The van der Waals surface area contributed by atoms with E-state index in [-0.39, 0.29) is 18.0 Å². The molecule has 0 bridgehead atoms. The van der Waals surface area contributed by atoms with Crippen molar-refractivity contribution >= 4 is 11.9 Å². The van der Waals surface area contributed by atoms with Gasteiger partial charge in [0.2, 0.25) is 5.91 Å². The number of hydrogen-bond acceptors (Lipinski definition) is 3. The minimum absolute atomic E-state index is 0.0147. The topological polar surface area (TPSA) is 70.8 Å². The van der Waals surface area contributed by atoms with Crippen LogP contribution in [0.1, 0.15) is 49.1 Å². The molecule has 1 N–H and O–H groups in total. The summed E-state index contributed by atoms with van der Waals surface area (Å²) in [5.41, 5.74) is -0.281. The number of carbonyl (C=O) groups excluding carboxylic acids is 1. The second-order valence-corrected chi connectivity index (χ2v) is 5.39. The molecule has 19 heavy (non-hydrogen) atoms. The third-order valence-corrected chi connectivity index (χ3v) is 3.40. The van der Waals surface area contributed by atoms with Crippen molar-refractivity contribution in [2.75, 3.05) is 7.05 Å². The Morgan fingerprint density at radius 2 is 2.00 bits per heavy atom. The van der Waals surface area contributed by atoms with Crippen molar-refractivity contribution in [3.63, 3.8) is 0 Å². The molecule has 1 rings (SSSR count). The van der Waals surface area contributed by atoms with Crippen LogP contribution in [0.25, 0.3) is 0 Å². The molecule has 0 aliphatic heterocycles. The summed E-state index contributed by atoms with van der Waals surface area (Å²) in [4.78, 5) is 24.7. The molecule has 0 radical (unpaired) electrons. The Bertz CT molecular complexity index is 488. The number of aryl methyl sites for hydroxylation is 1. The predicted molar refractivity (Wildman–Crippen MR) is 71.0 cm³/mol. The van der Waals surface area contributed by atoms with Gasteiger partial charge in [0, 0.05) is 12.5 Å². The molecule has 106 valence electrons. The summed E-state index contributed by atoms with van der Waals surface area (Å²) in [5.74, 6) is -0.160. The molecule has 0 saturated heterocycles. The molecule has 1 aromatic heterocycles. The lowest BCUT2D eigenvalue weighted by Crippen LogP contribution is -2.37. The maximum Gasteiger partial charge on any atom is 0.339 e. The van der Waals surface area contributed by atoms with Crippen molar-refractivity contribution in [2.45, 2.75) is 40.7 Å². The monoisotopic (exact) mass is 267 g/mol. The zero-order valence-electron chi connectivity index (χ0n) is 12.1. The smallest absolute Gasteiger partial charge is 0.339 e. The van der Waals surface area contributed by atoms with Gasteiger partial charge in [0.25, 0.3) is 0 Å². The first-order chi connectivity index (χ1) is 8.69. The third kappa shape index (κ3) is 3.36. The molecule has 0 aromatic carbocycles. The predicted octanol–water partition coefficient (Wildman–Crippen LogP) is 2.68. The van der Waals surface area contributed by atoms with Gasteiger partial charge in [-0.25, -0.2) is 4.79 Å². The molecule has 1 amide bonds. The van der Waals surface area contributed by atoms with Gasteiger partial charge < -0.3 is 14.4 Å². The van der Waals surface area contributed by atoms with Crippen molar-refractivity contribution in [3.05, 3.63) is 23.2 Å². The SMILES string of the molecule is CCC(C)(C)C(=O)N(C)Cc1cc(C(=O)O)c(C)o1. The van der Waals surface area contributed by atoms with E-state index in [2.05, 4.69) is 0 Å². The van der Waals surface area contributed by atoms with Gasteiger partial charge >= 0.3 is 5.97 Å². The molecule has 5 heteroatoms. The molecule has 0 atom stereocenters. The van der Waals surface area contributed by atoms with Gasteiger partial charge in [0.15, 0.2) is 0 Å². The average molecular weight is 267 g/mol. The van der Waals surface area contributed by atoms with E-state index in [4.69, 9.17) is 9.52 Å². The van der Waals surface area contributed by atoms with Gasteiger partial charge in [-0.1, -0.05) is 20.8 Å². The molecule has 0 saturated carbocycles. The summed E-state index contributed by atoms with van der Waals surface area (Å²) in [6.45, 7) is 7.62. The van der Waals surface area contributed by atoms with Crippen molar-refractivity contribution in [1.29, 1.82) is 0 Å². The Morgan fingerprint density at radius 3 is 2.42 bits per heavy atom. The molecule has 0 aliphatic rings. The van der Waals surface area contributed by atoms with E-state index in [9.17, 15) is 9.59 Å². The molecule has 0 unspecified atom stereocenters. The number of rotatable bonds is 5. The van der Waals surface area contributed by atoms with E-state index >= 15 is 0 Å². The fourth-order valence-electron chi connectivity index (χ4n) is 1.81. The lowest BCUT2D eigenvalue weighted by molar-refractivity contribution is -0.139. The zero-order valence-corrected chi connectivity index (χ0v) is 12.1. The van der Waals surface area contributed by atoms with E-state index in [0.717, 1.165) is 6.42 Å². The van der Waals surface area contributed by atoms with E-state index in [1.54, 1.807) is 18.9 Å². The third-order valence-electron chi connectivity index (χ3n) is 3.40. The molecular formula is C14H21NO4. The first kappa shape index (κ1) is 15.3. The molecule has 0 aliphatic carbocycles. The maximum atomic E-state index is 12.2. The maximum absolute atomic E-state index is 12.2. The van der Waals surface area contributed by atoms with Gasteiger partial charge in [0.1, 0.15) is 17.1 Å². The van der Waals surface area contributed by atoms with Crippen LogP contribution in [0.4, 0.5) is 0 Å². The Kier molecular flexibility index (Phi) is 4.39. The van der Waals surface area contributed by atoms with Crippen molar-refractivity contribution in [3.8, 4) is 0 Å². The highest BCUT2D eigenvalue weighted by molar-refractivity contribution is 5.88. The van der Waals surface area contributed by atoms with Crippen LogP contribution in [-0.2, 0) is 11.3 Å². The highest BCUT2D eigenvalue weighted by Gasteiger charge is 2.29. The highest BCUT2D eigenvalue weighted by atomic mass is 16.4. The average Bonchev–Trinajstić information content (AvgIpc) is 2.69. The van der Waals surface area contributed by atoms with E-state index in [1.165, 1.54) is 6.07 Å². The second-order valence-electron chi connectivity index (χ2n) is 5.39. The lowest BCUT2D eigenvalue weighted by Gasteiger charge is -2.27. The molecule has 0 spiro atoms. The van der Waals surface area contributed by atoms with E-state index in [0.29, 0.717) is 11.5 Å². The number of carboxylic acid groups (broad SMARTS) is 1. The summed E-state index contributed by atoms with van der Waals surface area (Å²) < 4.78 is 5.37. The normalized spacial score (nSPS) is 11.4. The second kappa shape index (κ2) is 5.47. The number of carboxylic acids is 1. The van der Waals surface area contributed by atoms with Gasteiger partial charge in [-0.2, -0.15) is 0 Å². The van der Waals surface area contributed by atoms with Crippen LogP contribution in [0.3, 0.4) is 0 Å². The highest BCUT2D eigenvalue weighted by Crippen LogP contribution is 2.24. The van der Waals surface area contributed by atoms with Crippen molar-refractivity contribution < 1.29 is 19.1 Å². The Hall–Kier alpha value is -1.78. The van der Waals surface area contributed by atoms with Gasteiger partial charge in [-0.3, -0.25) is 4.79 Å². The minimum atomic E-state index is -1.02. The van der Waals surface area contributed by atoms with Gasteiger partial charge in [-0.15, -0.1) is 0 Å². The van der Waals surface area contributed by atoms with Crippen LogP contribution in [0.15, 0.2) is 10.5 Å². The fourth-order valence-corrected chi connectivity index (χ4v) is 1.81. The van der Waals surface area contributed by atoms with Crippen LogP contribution in [0.5, 0.6) is 0 Å². The first-order valence-electron chi connectivity index (χ1n) is 6.27. The molecule has 1 aromatic rings. The van der Waals surface area contributed by atoms with Crippen LogP contribution >= 0.6 is 0 Å². The van der Waals surface area contributed by atoms with Crippen molar-refractivity contribution in [2.24, 2.45) is 5.41 Å². The largest absolute Gasteiger partial charge is 0.478 e. The van der Waals surface area contributed by atoms with E-state index in [1.807, 2.05) is 20.8 Å². The van der Waals surface area contributed by atoms with Gasteiger partial charge in [-0.05, 0) is 19.4 Å².